The minimum Gasteiger partial charge on any atom is -0.490 e. The molecule has 0 radical (unpaired) electrons. The first kappa shape index (κ1) is 14.4. The Morgan fingerprint density at radius 1 is 1.35 bits per heavy atom. The Bertz CT molecular complexity index is 483. The molecule has 20 heavy (non-hydrogen) atoms. The first-order valence-corrected chi connectivity index (χ1v) is 6.87. The summed E-state index contributed by atoms with van der Waals surface area (Å²) in [5.74, 6) is 1.09. The quantitative estimate of drug-likeness (QED) is 0.738. The van der Waals surface area contributed by atoms with Crippen LogP contribution in [0.5, 0.6) is 11.5 Å². The van der Waals surface area contributed by atoms with Gasteiger partial charge in [0, 0.05) is 11.6 Å². The SMILES string of the molecule is CCOc1cc(C=O)ccc1OCCC(=O)NC1CC1. The van der Waals surface area contributed by atoms with Gasteiger partial charge in [0.25, 0.3) is 0 Å². The number of ether oxygens (including phenoxy) is 2. The van der Waals surface area contributed by atoms with Crippen LogP contribution in [0.15, 0.2) is 18.2 Å². The molecule has 0 saturated heterocycles. The smallest absolute Gasteiger partial charge is 0.223 e. The van der Waals surface area contributed by atoms with Gasteiger partial charge in [0.2, 0.25) is 5.91 Å². The molecule has 108 valence electrons. The average molecular weight is 277 g/mol. The number of nitrogens with one attached hydrogen (secondary N) is 1. The molecule has 0 spiro atoms. The van der Waals surface area contributed by atoms with Gasteiger partial charge < -0.3 is 14.8 Å². The predicted octanol–water partition coefficient (Wildman–Crippen LogP) is 1.95. The minimum atomic E-state index is 0.00923. The molecular weight excluding hydrogens is 258 g/mol. The molecule has 1 amide bonds. The number of carbonyl (C=O) groups is 2. The highest BCUT2D eigenvalue weighted by Gasteiger charge is 2.22. The molecule has 0 aromatic heterocycles. The molecule has 0 aliphatic heterocycles. The second-order valence-electron chi connectivity index (χ2n) is 4.70. The zero-order chi connectivity index (χ0) is 14.4. The lowest BCUT2D eigenvalue weighted by molar-refractivity contribution is -0.121. The van der Waals surface area contributed by atoms with E-state index in [-0.39, 0.29) is 5.91 Å². The number of amides is 1. The molecule has 5 nitrogen and oxygen atoms in total. The van der Waals surface area contributed by atoms with Gasteiger partial charge >= 0.3 is 0 Å². The van der Waals surface area contributed by atoms with Crippen molar-refractivity contribution in [1.82, 2.24) is 5.32 Å². The van der Waals surface area contributed by atoms with Crippen molar-refractivity contribution in [1.29, 1.82) is 0 Å². The van der Waals surface area contributed by atoms with Crippen molar-refractivity contribution >= 4 is 12.2 Å². The Morgan fingerprint density at radius 2 is 2.15 bits per heavy atom. The van der Waals surface area contributed by atoms with Gasteiger partial charge in [-0.15, -0.1) is 0 Å². The standard InChI is InChI=1S/C15H19NO4/c1-2-19-14-9-11(10-17)3-6-13(14)20-8-7-15(18)16-12-4-5-12/h3,6,9-10,12H,2,4-5,7-8H2,1H3,(H,16,18). The van der Waals surface area contributed by atoms with Crippen LogP contribution in [0.3, 0.4) is 0 Å². The highest BCUT2D eigenvalue weighted by Crippen LogP contribution is 2.28. The van der Waals surface area contributed by atoms with Crippen LogP contribution in [0.4, 0.5) is 0 Å². The fourth-order valence-corrected chi connectivity index (χ4v) is 1.77. The highest BCUT2D eigenvalue weighted by atomic mass is 16.5. The Hall–Kier alpha value is -2.04. The van der Waals surface area contributed by atoms with E-state index in [1.54, 1.807) is 18.2 Å². The summed E-state index contributed by atoms with van der Waals surface area (Å²) in [6, 6.07) is 5.35. The van der Waals surface area contributed by atoms with Gasteiger partial charge in [0.05, 0.1) is 19.6 Å². The second-order valence-corrected chi connectivity index (χ2v) is 4.70. The van der Waals surface area contributed by atoms with Crippen molar-refractivity contribution in [3.8, 4) is 11.5 Å². The number of benzene rings is 1. The molecule has 0 unspecified atom stereocenters. The third-order valence-corrected chi connectivity index (χ3v) is 2.93. The van der Waals surface area contributed by atoms with Crippen LogP contribution in [-0.4, -0.2) is 31.4 Å². The van der Waals surface area contributed by atoms with Gasteiger partial charge in [-0.05, 0) is 38.0 Å². The monoisotopic (exact) mass is 277 g/mol. The van der Waals surface area contributed by atoms with Gasteiger partial charge in [-0.25, -0.2) is 0 Å². The first-order valence-electron chi connectivity index (χ1n) is 6.87. The molecule has 2 rings (SSSR count). The maximum atomic E-state index is 11.5. The van der Waals surface area contributed by atoms with Crippen LogP contribution in [0.25, 0.3) is 0 Å². The molecule has 1 N–H and O–H groups in total. The summed E-state index contributed by atoms with van der Waals surface area (Å²) in [4.78, 5) is 22.3. The fraction of sp³-hybridized carbons (Fsp3) is 0.467. The number of hydrogen-bond donors (Lipinski definition) is 1. The molecule has 1 aromatic rings. The summed E-state index contributed by atoms with van der Waals surface area (Å²) in [5, 5.41) is 2.90. The second kappa shape index (κ2) is 6.93. The molecule has 0 atom stereocenters. The number of aldehydes is 1. The predicted molar refractivity (Wildman–Crippen MR) is 74.3 cm³/mol. The van der Waals surface area contributed by atoms with Crippen LogP contribution in [0, 0.1) is 0 Å². The van der Waals surface area contributed by atoms with Crippen LogP contribution in [0.1, 0.15) is 36.5 Å². The summed E-state index contributed by atoms with van der Waals surface area (Å²) in [5.41, 5.74) is 0.535. The number of hydrogen-bond acceptors (Lipinski definition) is 4. The first-order chi connectivity index (χ1) is 9.72. The molecule has 5 heteroatoms. The lowest BCUT2D eigenvalue weighted by Crippen LogP contribution is -2.26. The maximum absolute atomic E-state index is 11.5. The minimum absolute atomic E-state index is 0.00923. The molecule has 1 aromatic carbocycles. The lowest BCUT2D eigenvalue weighted by atomic mass is 10.2. The van der Waals surface area contributed by atoms with Crippen molar-refractivity contribution in [3.05, 3.63) is 23.8 Å². The third-order valence-electron chi connectivity index (χ3n) is 2.93. The van der Waals surface area contributed by atoms with E-state index < -0.39 is 0 Å². The van der Waals surface area contributed by atoms with Crippen LogP contribution in [0.2, 0.25) is 0 Å². The van der Waals surface area contributed by atoms with Gasteiger partial charge in [-0.1, -0.05) is 0 Å². The summed E-state index contributed by atoms with van der Waals surface area (Å²) in [7, 11) is 0. The third kappa shape index (κ3) is 4.26. The van der Waals surface area contributed by atoms with Gasteiger partial charge in [0.15, 0.2) is 11.5 Å². The van der Waals surface area contributed by atoms with Crippen molar-refractivity contribution in [2.24, 2.45) is 0 Å². The molecule has 0 bridgehead atoms. The zero-order valence-electron chi connectivity index (χ0n) is 11.6. The van der Waals surface area contributed by atoms with E-state index in [1.807, 2.05) is 6.92 Å². The van der Waals surface area contributed by atoms with E-state index in [9.17, 15) is 9.59 Å². The maximum Gasteiger partial charge on any atom is 0.223 e. The van der Waals surface area contributed by atoms with Crippen LogP contribution < -0.4 is 14.8 Å². The van der Waals surface area contributed by atoms with E-state index >= 15 is 0 Å². The molecule has 1 aliphatic rings. The van der Waals surface area contributed by atoms with E-state index in [1.165, 1.54) is 0 Å². The Balaban J connectivity index is 1.86. The van der Waals surface area contributed by atoms with E-state index in [4.69, 9.17) is 9.47 Å². The van der Waals surface area contributed by atoms with Crippen LogP contribution >= 0.6 is 0 Å². The summed E-state index contributed by atoms with van der Waals surface area (Å²) in [6.07, 6.45) is 3.23. The summed E-state index contributed by atoms with van der Waals surface area (Å²) < 4.78 is 11.0. The average Bonchev–Trinajstić information content (AvgIpc) is 3.24. The lowest BCUT2D eigenvalue weighted by Gasteiger charge is -2.12. The largest absolute Gasteiger partial charge is 0.490 e. The summed E-state index contributed by atoms with van der Waals surface area (Å²) >= 11 is 0. The van der Waals surface area contributed by atoms with Crippen molar-refractivity contribution in [3.63, 3.8) is 0 Å². The van der Waals surface area contributed by atoms with Gasteiger partial charge in [0.1, 0.15) is 6.29 Å². The molecule has 0 heterocycles. The van der Waals surface area contributed by atoms with Gasteiger partial charge in [-0.3, -0.25) is 9.59 Å². The van der Waals surface area contributed by atoms with E-state index in [0.29, 0.717) is 42.7 Å². The van der Waals surface area contributed by atoms with Crippen LogP contribution in [-0.2, 0) is 4.79 Å². The molecule has 1 fully saturated rings. The number of rotatable bonds is 8. The van der Waals surface area contributed by atoms with E-state index in [2.05, 4.69) is 5.32 Å². The topological polar surface area (TPSA) is 64.6 Å². The molecule has 1 saturated carbocycles. The fourth-order valence-electron chi connectivity index (χ4n) is 1.77. The molecule has 1 aliphatic carbocycles. The summed E-state index contributed by atoms with van der Waals surface area (Å²) in [6.45, 7) is 2.64. The Kier molecular flexibility index (Phi) is 4.98. The Morgan fingerprint density at radius 3 is 2.80 bits per heavy atom. The zero-order valence-corrected chi connectivity index (χ0v) is 11.6. The number of carbonyl (C=O) groups excluding carboxylic acids is 2. The highest BCUT2D eigenvalue weighted by molar-refractivity contribution is 5.77. The Labute approximate surface area is 118 Å². The van der Waals surface area contributed by atoms with Crippen molar-refractivity contribution < 1.29 is 19.1 Å². The van der Waals surface area contributed by atoms with Crippen molar-refractivity contribution in [2.45, 2.75) is 32.2 Å². The van der Waals surface area contributed by atoms with Gasteiger partial charge in [-0.2, -0.15) is 0 Å². The van der Waals surface area contributed by atoms with E-state index in [0.717, 1.165) is 19.1 Å². The van der Waals surface area contributed by atoms with Crippen molar-refractivity contribution in [2.75, 3.05) is 13.2 Å². The molecular formula is C15H19NO4. The normalized spacial score (nSPS) is 13.7.